The maximum atomic E-state index is 10.6. The van der Waals surface area contributed by atoms with Crippen LogP contribution in [-0.2, 0) is 0 Å². The predicted molar refractivity (Wildman–Crippen MR) is 62.9 cm³/mol. The van der Waals surface area contributed by atoms with Crippen LogP contribution in [0.3, 0.4) is 0 Å². The molecule has 0 atom stereocenters. The zero-order valence-corrected chi connectivity index (χ0v) is 10.0. The Bertz CT molecular complexity index is 431. The van der Waals surface area contributed by atoms with Gasteiger partial charge in [0.1, 0.15) is 6.10 Å². The fourth-order valence-corrected chi connectivity index (χ4v) is 2.04. The number of nitro groups is 1. The van der Waals surface area contributed by atoms with Crippen LogP contribution in [0.5, 0.6) is 11.5 Å². The second-order valence-electron chi connectivity index (χ2n) is 3.90. The van der Waals surface area contributed by atoms with E-state index in [1.807, 2.05) is 0 Å². The van der Waals surface area contributed by atoms with Gasteiger partial charge in [-0.05, 0) is 6.07 Å². The van der Waals surface area contributed by atoms with Gasteiger partial charge >= 0.3 is 0 Å². The molecule has 92 valence electrons. The van der Waals surface area contributed by atoms with Crippen molar-refractivity contribution in [3.05, 3.63) is 28.3 Å². The van der Waals surface area contributed by atoms with E-state index in [2.05, 4.69) is 0 Å². The normalized spacial score (nSPS) is 22.7. The molecule has 5 nitrogen and oxygen atoms in total. The van der Waals surface area contributed by atoms with Gasteiger partial charge in [0.15, 0.2) is 11.5 Å². The average molecular weight is 258 g/mol. The summed E-state index contributed by atoms with van der Waals surface area (Å²) in [4.78, 5) is 10.1. The monoisotopic (exact) mass is 257 g/mol. The molecular weight excluding hydrogens is 246 g/mol. The molecule has 0 bridgehead atoms. The van der Waals surface area contributed by atoms with Crippen molar-refractivity contribution in [2.75, 3.05) is 7.11 Å². The molecule has 1 aromatic carbocycles. The van der Waals surface area contributed by atoms with Gasteiger partial charge in [0.05, 0.1) is 18.1 Å². The molecule has 1 aliphatic carbocycles. The molecule has 2 rings (SSSR count). The molecule has 0 spiro atoms. The van der Waals surface area contributed by atoms with Crippen molar-refractivity contribution < 1.29 is 14.4 Å². The number of hydrogen-bond donors (Lipinski definition) is 0. The molecule has 0 heterocycles. The molecule has 6 heteroatoms. The van der Waals surface area contributed by atoms with Gasteiger partial charge in [-0.1, -0.05) is 0 Å². The second kappa shape index (κ2) is 4.79. The number of non-ortho nitro benzene ring substituents is 1. The van der Waals surface area contributed by atoms with Gasteiger partial charge in [-0.25, -0.2) is 0 Å². The summed E-state index contributed by atoms with van der Waals surface area (Å²) in [6, 6.07) is 4.30. The molecule has 0 aliphatic heterocycles. The van der Waals surface area contributed by atoms with E-state index in [0.717, 1.165) is 12.8 Å². The minimum absolute atomic E-state index is 0.0157. The zero-order valence-electron chi connectivity index (χ0n) is 9.26. The Labute approximate surface area is 103 Å². The van der Waals surface area contributed by atoms with E-state index < -0.39 is 4.92 Å². The van der Waals surface area contributed by atoms with Crippen molar-refractivity contribution in [1.82, 2.24) is 0 Å². The number of methoxy groups -OCH3 is 1. The van der Waals surface area contributed by atoms with E-state index >= 15 is 0 Å². The predicted octanol–water partition coefficient (Wildman–Crippen LogP) is 2.75. The maximum absolute atomic E-state index is 10.6. The summed E-state index contributed by atoms with van der Waals surface area (Å²) < 4.78 is 10.7. The van der Waals surface area contributed by atoms with Crippen LogP contribution in [0.4, 0.5) is 5.69 Å². The largest absolute Gasteiger partial charge is 0.493 e. The summed E-state index contributed by atoms with van der Waals surface area (Å²) in [7, 11) is 1.46. The summed E-state index contributed by atoms with van der Waals surface area (Å²) in [6.07, 6.45) is 1.66. The van der Waals surface area contributed by atoms with Gasteiger partial charge in [-0.3, -0.25) is 10.1 Å². The third-order valence-corrected chi connectivity index (χ3v) is 3.05. The number of alkyl halides is 1. The molecule has 17 heavy (non-hydrogen) atoms. The number of nitro benzene ring substituents is 1. The van der Waals surface area contributed by atoms with E-state index in [0.29, 0.717) is 11.5 Å². The lowest BCUT2D eigenvalue weighted by Crippen LogP contribution is -2.34. The van der Waals surface area contributed by atoms with Crippen LogP contribution in [0.2, 0.25) is 0 Å². The number of nitrogens with zero attached hydrogens (tertiary/aromatic N) is 1. The Morgan fingerprint density at radius 1 is 1.41 bits per heavy atom. The molecule has 1 aromatic rings. The fourth-order valence-electron chi connectivity index (χ4n) is 1.64. The third-order valence-electron chi connectivity index (χ3n) is 2.69. The standard InChI is InChI=1S/C11H12ClNO4/c1-16-11-6-8(13(14)15)2-3-10(11)17-9-4-7(12)5-9/h2-3,6-7,9H,4-5H2,1H3. The molecule has 0 unspecified atom stereocenters. The summed E-state index contributed by atoms with van der Waals surface area (Å²) in [5, 5.41) is 10.8. The quantitative estimate of drug-likeness (QED) is 0.473. The van der Waals surface area contributed by atoms with Crippen LogP contribution < -0.4 is 9.47 Å². The fraction of sp³-hybridized carbons (Fsp3) is 0.455. The van der Waals surface area contributed by atoms with Crippen molar-refractivity contribution in [3.8, 4) is 11.5 Å². The van der Waals surface area contributed by atoms with Crippen molar-refractivity contribution >= 4 is 17.3 Å². The van der Waals surface area contributed by atoms with Gasteiger partial charge in [-0.2, -0.15) is 0 Å². The second-order valence-corrected chi connectivity index (χ2v) is 4.52. The Morgan fingerprint density at radius 2 is 2.12 bits per heavy atom. The van der Waals surface area contributed by atoms with Gasteiger partial charge in [-0.15, -0.1) is 11.6 Å². The molecule has 0 N–H and O–H groups in total. The summed E-state index contributed by atoms with van der Waals surface area (Å²) >= 11 is 5.85. The van der Waals surface area contributed by atoms with Crippen LogP contribution in [0.25, 0.3) is 0 Å². The van der Waals surface area contributed by atoms with Gasteiger partial charge in [0.2, 0.25) is 0 Å². The zero-order chi connectivity index (χ0) is 12.4. The van der Waals surface area contributed by atoms with E-state index in [1.54, 1.807) is 6.07 Å². The van der Waals surface area contributed by atoms with Crippen molar-refractivity contribution in [2.45, 2.75) is 24.3 Å². The lowest BCUT2D eigenvalue weighted by Gasteiger charge is -2.31. The number of rotatable bonds is 4. The SMILES string of the molecule is COc1cc([N+](=O)[O-])ccc1OC1CC(Cl)C1. The van der Waals surface area contributed by atoms with Crippen LogP contribution in [-0.4, -0.2) is 23.5 Å². The number of hydrogen-bond acceptors (Lipinski definition) is 4. The first-order chi connectivity index (χ1) is 8.10. The number of benzene rings is 1. The molecule has 0 radical (unpaired) electrons. The van der Waals surface area contributed by atoms with Crippen molar-refractivity contribution in [3.63, 3.8) is 0 Å². The lowest BCUT2D eigenvalue weighted by atomic mass is 9.95. The van der Waals surface area contributed by atoms with Crippen molar-refractivity contribution in [1.29, 1.82) is 0 Å². The number of halogens is 1. The molecule has 1 aliphatic rings. The van der Waals surface area contributed by atoms with E-state index in [9.17, 15) is 10.1 Å². The molecule has 0 amide bonds. The summed E-state index contributed by atoms with van der Waals surface area (Å²) in [6.45, 7) is 0. The number of ether oxygens (including phenoxy) is 2. The van der Waals surface area contributed by atoms with Gasteiger partial charge in [0, 0.05) is 24.3 Å². The first kappa shape index (κ1) is 12.0. The average Bonchev–Trinajstić information content (AvgIpc) is 2.27. The Hall–Kier alpha value is -1.49. The molecular formula is C11H12ClNO4. The summed E-state index contributed by atoms with van der Waals surface area (Å²) in [5.41, 5.74) is -0.0157. The highest BCUT2D eigenvalue weighted by molar-refractivity contribution is 6.21. The smallest absolute Gasteiger partial charge is 0.273 e. The van der Waals surface area contributed by atoms with E-state index in [4.69, 9.17) is 21.1 Å². The first-order valence-electron chi connectivity index (χ1n) is 5.23. The maximum Gasteiger partial charge on any atom is 0.273 e. The molecule has 1 fully saturated rings. The highest BCUT2D eigenvalue weighted by Gasteiger charge is 2.30. The van der Waals surface area contributed by atoms with Gasteiger partial charge in [0.25, 0.3) is 5.69 Å². The highest BCUT2D eigenvalue weighted by atomic mass is 35.5. The van der Waals surface area contributed by atoms with E-state index in [1.165, 1.54) is 19.2 Å². The lowest BCUT2D eigenvalue weighted by molar-refractivity contribution is -0.385. The Balaban J connectivity index is 2.13. The van der Waals surface area contributed by atoms with E-state index in [-0.39, 0.29) is 17.2 Å². The topological polar surface area (TPSA) is 61.6 Å². The Morgan fingerprint density at radius 3 is 2.65 bits per heavy atom. The molecule has 1 saturated carbocycles. The van der Waals surface area contributed by atoms with Crippen LogP contribution in [0.15, 0.2) is 18.2 Å². The van der Waals surface area contributed by atoms with Gasteiger partial charge < -0.3 is 9.47 Å². The van der Waals surface area contributed by atoms with Crippen LogP contribution in [0.1, 0.15) is 12.8 Å². The van der Waals surface area contributed by atoms with Crippen LogP contribution in [0, 0.1) is 10.1 Å². The Kier molecular flexibility index (Phi) is 3.38. The summed E-state index contributed by atoms with van der Waals surface area (Å²) in [5.74, 6) is 0.892. The minimum atomic E-state index is -0.468. The van der Waals surface area contributed by atoms with Crippen LogP contribution >= 0.6 is 11.6 Å². The minimum Gasteiger partial charge on any atom is -0.493 e. The highest BCUT2D eigenvalue weighted by Crippen LogP contribution is 2.36. The molecule has 0 saturated heterocycles. The first-order valence-corrected chi connectivity index (χ1v) is 5.67. The van der Waals surface area contributed by atoms with Crippen molar-refractivity contribution in [2.24, 2.45) is 0 Å². The third kappa shape index (κ3) is 2.61. The molecule has 0 aromatic heterocycles.